The molecule has 23 heavy (non-hydrogen) atoms. The van der Waals surface area contributed by atoms with Crippen molar-refractivity contribution < 1.29 is 4.79 Å². The number of likely N-dealkylation sites (tertiary alicyclic amines) is 1. The van der Waals surface area contributed by atoms with Crippen LogP contribution in [0.1, 0.15) is 34.9 Å². The number of aryl methyl sites for hydroxylation is 1. The lowest BCUT2D eigenvalue weighted by Crippen LogP contribution is -2.40. The summed E-state index contributed by atoms with van der Waals surface area (Å²) < 4.78 is 2.08. The molecule has 1 saturated heterocycles. The largest absolute Gasteiger partial charge is 0.337 e. The van der Waals surface area contributed by atoms with Crippen molar-refractivity contribution in [3.63, 3.8) is 0 Å². The predicted octanol–water partition coefficient (Wildman–Crippen LogP) is 1.94. The number of fused-ring (bicyclic) bond motifs is 1. The molecule has 1 atom stereocenters. The Labute approximate surface area is 133 Å². The molecule has 1 N–H and O–H groups in total. The quantitative estimate of drug-likeness (QED) is 0.784. The summed E-state index contributed by atoms with van der Waals surface area (Å²) in [5, 5.41) is 7.91. The van der Waals surface area contributed by atoms with E-state index < -0.39 is 0 Å². The molecule has 1 amide bonds. The number of aromatic amines is 1. The lowest BCUT2D eigenvalue weighted by molar-refractivity contribution is 0.0679. The first-order chi connectivity index (χ1) is 11.2. The van der Waals surface area contributed by atoms with Gasteiger partial charge in [0, 0.05) is 42.8 Å². The van der Waals surface area contributed by atoms with Gasteiger partial charge in [-0.1, -0.05) is 0 Å². The molecule has 0 unspecified atom stereocenters. The second-order valence-electron chi connectivity index (χ2n) is 6.00. The van der Waals surface area contributed by atoms with Gasteiger partial charge in [-0.2, -0.15) is 5.10 Å². The van der Waals surface area contributed by atoms with Gasteiger partial charge in [0.25, 0.3) is 5.91 Å². The van der Waals surface area contributed by atoms with Crippen molar-refractivity contribution in [2.75, 3.05) is 13.1 Å². The van der Waals surface area contributed by atoms with Crippen LogP contribution in [0.5, 0.6) is 0 Å². The SMILES string of the molecule is Cc1[nH]nc2ncc(C(=O)N3CCC[C@@H](n4ccnc4)C3)cc12. The van der Waals surface area contributed by atoms with Gasteiger partial charge in [0.05, 0.1) is 17.9 Å². The third-order valence-corrected chi connectivity index (χ3v) is 4.48. The molecular formula is C16H18N6O. The predicted molar refractivity (Wildman–Crippen MR) is 85.0 cm³/mol. The van der Waals surface area contributed by atoms with Crippen LogP contribution >= 0.6 is 0 Å². The molecule has 0 aliphatic carbocycles. The van der Waals surface area contributed by atoms with Crippen LogP contribution in [0, 0.1) is 6.92 Å². The topological polar surface area (TPSA) is 79.7 Å². The smallest absolute Gasteiger partial charge is 0.255 e. The minimum Gasteiger partial charge on any atom is -0.337 e. The average Bonchev–Trinajstić information content (AvgIpc) is 3.25. The minimum atomic E-state index is 0.0322. The third kappa shape index (κ3) is 2.48. The van der Waals surface area contributed by atoms with Crippen LogP contribution in [0.15, 0.2) is 31.0 Å². The van der Waals surface area contributed by atoms with E-state index in [1.165, 1.54) is 0 Å². The molecule has 0 spiro atoms. The number of imidazole rings is 1. The first-order valence-electron chi connectivity index (χ1n) is 7.80. The highest BCUT2D eigenvalue weighted by molar-refractivity contribution is 5.97. The van der Waals surface area contributed by atoms with E-state index in [4.69, 9.17) is 0 Å². The van der Waals surface area contributed by atoms with E-state index in [1.54, 1.807) is 12.4 Å². The van der Waals surface area contributed by atoms with Crippen LogP contribution in [0.3, 0.4) is 0 Å². The number of H-pyrrole nitrogens is 1. The number of piperidine rings is 1. The Hall–Kier alpha value is -2.70. The molecule has 0 bridgehead atoms. The van der Waals surface area contributed by atoms with Gasteiger partial charge in [-0.25, -0.2) is 9.97 Å². The van der Waals surface area contributed by atoms with Crippen molar-refractivity contribution in [2.24, 2.45) is 0 Å². The highest BCUT2D eigenvalue weighted by Gasteiger charge is 2.25. The minimum absolute atomic E-state index is 0.0322. The van der Waals surface area contributed by atoms with E-state index >= 15 is 0 Å². The number of hydrogen-bond donors (Lipinski definition) is 1. The summed E-state index contributed by atoms with van der Waals surface area (Å²) in [6.45, 7) is 3.42. The number of nitrogens with zero attached hydrogens (tertiary/aromatic N) is 5. The fourth-order valence-electron chi connectivity index (χ4n) is 3.19. The Bertz CT molecular complexity index is 838. The normalized spacial score (nSPS) is 18.5. The van der Waals surface area contributed by atoms with Crippen LogP contribution in [0.25, 0.3) is 11.0 Å². The van der Waals surface area contributed by atoms with Crippen LogP contribution in [-0.2, 0) is 0 Å². The second-order valence-corrected chi connectivity index (χ2v) is 6.00. The Kier molecular flexibility index (Phi) is 3.33. The maximum absolute atomic E-state index is 12.8. The first kappa shape index (κ1) is 13.9. The zero-order chi connectivity index (χ0) is 15.8. The van der Waals surface area contributed by atoms with Crippen LogP contribution < -0.4 is 0 Å². The van der Waals surface area contributed by atoms with Crippen molar-refractivity contribution in [3.8, 4) is 0 Å². The van der Waals surface area contributed by atoms with Gasteiger partial charge in [-0.3, -0.25) is 9.89 Å². The number of aromatic nitrogens is 5. The van der Waals surface area contributed by atoms with E-state index in [-0.39, 0.29) is 5.91 Å². The number of pyridine rings is 1. The Morgan fingerprint density at radius 3 is 3.17 bits per heavy atom. The lowest BCUT2D eigenvalue weighted by Gasteiger charge is -2.33. The summed E-state index contributed by atoms with van der Waals surface area (Å²) in [6.07, 6.45) is 9.24. The summed E-state index contributed by atoms with van der Waals surface area (Å²) in [5.41, 5.74) is 2.19. The second kappa shape index (κ2) is 5.49. The molecule has 4 rings (SSSR count). The van der Waals surface area contributed by atoms with E-state index in [9.17, 15) is 4.79 Å². The third-order valence-electron chi connectivity index (χ3n) is 4.48. The number of hydrogen-bond acceptors (Lipinski definition) is 4. The van der Waals surface area contributed by atoms with Gasteiger partial charge in [-0.15, -0.1) is 0 Å². The first-order valence-corrected chi connectivity index (χ1v) is 7.80. The number of carbonyl (C=O) groups excluding carboxylic acids is 1. The maximum Gasteiger partial charge on any atom is 0.255 e. The maximum atomic E-state index is 12.8. The Morgan fingerprint density at radius 1 is 1.43 bits per heavy atom. The molecule has 1 fully saturated rings. The van der Waals surface area contributed by atoms with Gasteiger partial charge in [0.15, 0.2) is 5.65 Å². The van der Waals surface area contributed by atoms with Gasteiger partial charge >= 0.3 is 0 Å². The van der Waals surface area contributed by atoms with E-state index in [2.05, 4.69) is 24.7 Å². The summed E-state index contributed by atoms with van der Waals surface area (Å²) in [5.74, 6) is 0.0322. The van der Waals surface area contributed by atoms with Gasteiger partial charge in [0.2, 0.25) is 0 Å². The Morgan fingerprint density at radius 2 is 2.35 bits per heavy atom. The monoisotopic (exact) mass is 310 g/mol. The number of nitrogens with one attached hydrogen (secondary N) is 1. The zero-order valence-electron chi connectivity index (χ0n) is 12.9. The molecule has 118 valence electrons. The standard InChI is InChI=1S/C16H18N6O/c1-11-14-7-12(8-18-15(14)20-19-11)16(23)21-5-2-3-13(9-21)22-6-4-17-10-22/h4,6-8,10,13H,2-3,5,9H2,1H3,(H,18,19,20)/t13-/m1/s1. The van der Waals surface area contributed by atoms with E-state index in [0.717, 1.165) is 30.5 Å². The summed E-state index contributed by atoms with van der Waals surface area (Å²) in [4.78, 5) is 23.1. The van der Waals surface area contributed by atoms with Crippen molar-refractivity contribution in [1.29, 1.82) is 0 Å². The fourth-order valence-corrected chi connectivity index (χ4v) is 3.19. The molecule has 1 aliphatic heterocycles. The summed E-state index contributed by atoms with van der Waals surface area (Å²) in [7, 11) is 0. The molecule has 3 aromatic heterocycles. The van der Waals surface area contributed by atoms with Crippen molar-refractivity contribution in [3.05, 3.63) is 42.2 Å². The Balaban J connectivity index is 1.58. The van der Waals surface area contributed by atoms with Crippen molar-refractivity contribution in [1.82, 2.24) is 29.6 Å². The highest BCUT2D eigenvalue weighted by atomic mass is 16.2. The van der Waals surface area contributed by atoms with Gasteiger partial charge in [0.1, 0.15) is 0 Å². The molecule has 0 radical (unpaired) electrons. The summed E-state index contributed by atoms with van der Waals surface area (Å²) >= 11 is 0. The molecule has 7 nitrogen and oxygen atoms in total. The number of carbonyl (C=O) groups is 1. The zero-order valence-corrected chi connectivity index (χ0v) is 12.9. The fraction of sp³-hybridized carbons (Fsp3) is 0.375. The van der Waals surface area contributed by atoms with Crippen LogP contribution in [0.2, 0.25) is 0 Å². The van der Waals surface area contributed by atoms with Gasteiger partial charge < -0.3 is 9.47 Å². The average molecular weight is 310 g/mol. The van der Waals surface area contributed by atoms with Crippen LogP contribution in [-0.4, -0.2) is 48.6 Å². The van der Waals surface area contributed by atoms with Crippen molar-refractivity contribution in [2.45, 2.75) is 25.8 Å². The van der Waals surface area contributed by atoms with Crippen molar-refractivity contribution >= 4 is 16.9 Å². The van der Waals surface area contributed by atoms with Gasteiger partial charge in [-0.05, 0) is 25.8 Å². The molecule has 1 aliphatic rings. The molecule has 4 heterocycles. The molecule has 0 aromatic carbocycles. The number of amides is 1. The lowest BCUT2D eigenvalue weighted by atomic mass is 10.0. The van der Waals surface area contributed by atoms with E-state index in [1.807, 2.05) is 30.4 Å². The van der Waals surface area contributed by atoms with E-state index in [0.29, 0.717) is 23.8 Å². The molecule has 7 heteroatoms. The molecular weight excluding hydrogens is 292 g/mol. The molecule has 0 saturated carbocycles. The number of rotatable bonds is 2. The highest BCUT2D eigenvalue weighted by Crippen LogP contribution is 2.23. The van der Waals surface area contributed by atoms with Crippen LogP contribution in [0.4, 0.5) is 0 Å². The summed E-state index contributed by atoms with van der Waals surface area (Å²) in [6, 6.07) is 2.17. The molecule has 3 aromatic rings.